The van der Waals surface area contributed by atoms with Gasteiger partial charge in [0.15, 0.2) is 5.78 Å². The van der Waals surface area contributed by atoms with Crippen molar-refractivity contribution in [2.45, 2.75) is 19.0 Å². The van der Waals surface area contributed by atoms with Crippen LogP contribution in [0.3, 0.4) is 0 Å². The smallest absolute Gasteiger partial charge is 0.416 e. The molecule has 1 aliphatic carbocycles. The summed E-state index contributed by atoms with van der Waals surface area (Å²) >= 11 is 1.39. The van der Waals surface area contributed by atoms with E-state index in [9.17, 15) is 22.8 Å². The predicted octanol–water partition coefficient (Wildman–Crippen LogP) is 5.82. The lowest BCUT2D eigenvalue weighted by molar-refractivity contribution is -0.137. The Morgan fingerprint density at radius 2 is 1.87 bits per heavy atom. The maximum atomic E-state index is 13.1. The lowest BCUT2D eigenvalue weighted by Gasteiger charge is -2.12. The number of hydrogen-bond acceptors (Lipinski definition) is 4. The number of alkyl halides is 3. The van der Waals surface area contributed by atoms with Crippen LogP contribution in [0, 0.1) is 5.92 Å². The first kappa shape index (κ1) is 20.3. The number of esters is 1. The molecule has 154 valence electrons. The molecule has 2 aromatic carbocycles. The SMILES string of the molecule is COC(=O)c1csc(CC2Cc3c(cccc3-c3cccc(C(F)(F)F)c3)C2=O)c1. The molecule has 0 aliphatic heterocycles. The van der Waals surface area contributed by atoms with E-state index in [4.69, 9.17) is 4.74 Å². The van der Waals surface area contributed by atoms with E-state index in [1.165, 1.54) is 24.5 Å². The molecule has 0 saturated carbocycles. The Balaban J connectivity index is 1.63. The number of Topliss-reactive ketones (excluding diaryl/α,β-unsaturated/α-hetero) is 1. The zero-order valence-electron chi connectivity index (χ0n) is 16.0. The second kappa shape index (κ2) is 7.72. The Kier molecular flexibility index (Phi) is 5.24. The molecule has 1 aromatic heterocycles. The number of benzene rings is 2. The normalized spacial score (nSPS) is 15.9. The fourth-order valence-electron chi connectivity index (χ4n) is 3.85. The van der Waals surface area contributed by atoms with Gasteiger partial charge in [0, 0.05) is 21.7 Å². The summed E-state index contributed by atoms with van der Waals surface area (Å²) in [4.78, 5) is 25.5. The largest absolute Gasteiger partial charge is 0.465 e. The summed E-state index contributed by atoms with van der Waals surface area (Å²) < 4.78 is 44.1. The van der Waals surface area contributed by atoms with Crippen molar-refractivity contribution in [1.82, 2.24) is 0 Å². The third kappa shape index (κ3) is 3.77. The molecule has 0 saturated heterocycles. The second-order valence-corrected chi connectivity index (χ2v) is 8.17. The minimum atomic E-state index is -4.43. The zero-order valence-corrected chi connectivity index (χ0v) is 16.8. The van der Waals surface area contributed by atoms with Gasteiger partial charge in [-0.05, 0) is 47.7 Å². The number of ether oxygens (including phenoxy) is 1. The van der Waals surface area contributed by atoms with Crippen LogP contribution in [-0.4, -0.2) is 18.9 Å². The van der Waals surface area contributed by atoms with Crippen molar-refractivity contribution in [3.05, 3.63) is 81.0 Å². The quantitative estimate of drug-likeness (QED) is 0.490. The monoisotopic (exact) mass is 430 g/mol. The third-order valence-corrected chi connectivity index (χ3v) is 6.25. The third-order valence-electron chi connectivity index (χ3n) is 5.29. The first-order chi connectivity index (χ1) is 14.3. The first-order valence-corrected chi connectivity index (χ1v) is 10.2. The van der Waals surface area contributed by atoms with E-state index in [1.807, 2.05) is 0 Å². The molecule has 1 unspecified atom stereocenters. The Morgan fingerprint density at radius 1 is 1.13 bits per heavy atom. The number of thiophene rings is 1. The average molecular weight is 430 g/mol. The van der Waals surface area contributed by atoms with E-state index >= 15 is 0 Å². The fraction of sp³-hybridized carbons (Fsp3) is 0.217. The lowest BCUT2D eigenvalue weighted by Crippen LogP contribution is -2.11. The van der Waals surface area contributed by atoms with Crippen molar-refractivity contribution in [3.63, 3.8) is 0 Å². The first-order valence-electron chi connectivity index (χ1n) is 9.27. The van der Waals surface area contributed by atoms with Crippen molar-refractivity contribution in [1.29, 1.82) is 0 Å². The number of ketones is 1. The molecule has 3 nitrogen and oxygen atoms in total. The van der Waals surface area contributed by atoms with E-state index in [1.54, 1.807) is 35.7 Å². The summed E-state index contributed by atoms with van der Waals surface area (Å²) in [5, 5.41) is 1.70. The van der Waals surface area contributed by atoms with Crippen LogP contribution in [0.4, 0.5) is 13.2 Å². The van der Waals surface area contributed by atoms with E-state index in [0.29, 0.717) is 35.1 Å². The van der Waals surface area contributed by atoms with E-state index in [2.05, 4.69) is 0 Å². The van der Waals surface area contributed by atoms with Crippen LogP contribution in [0.1, 0.15) is 36.7 Å². The van der Waals surface area contributed by atoms with Crippen LogP contribution in [0.15, 0.2) is 53.9 Å². The van der Waals surface area contributed by atoms with Gasteiger partial charge in [0.05, 0.1) is 18.2 Å². The summed E-state index contributed by atoms with van der Waals surface area (Å²) in [5.74, 6) is -0.756. The Hall–Kier alpha value is -2.93. The van der Waals surface area contributed by atoms with Gasteiger partial charge in [-0.3, -0.25) is 4.79 Å². The molecule has 4 rings (SSSR count). The number of carbonyl (C=O) groups excluding carboxylic acids is 2. The van der Waals surface area contributed by atoms with Gasteiger partial charge in [-0.25, -0.2) is 4.79 Å². The Labute approximate surface area is 175 Å². The van der Waals surface area contributed by atoms with Crippen LogP contribution in [0.2, 0.25) is 0 Å². The highest BCUT2D eigenvalue weighted by atomic mass is 32.1. The minimum absolute atomic E-state index is 0.0214. The van der Waals surface area contributed by atoms with Crippen LogP contribution in [-0.2, 0) is 23.8 Å². The summed E-state index contributed by atoms with van der Waals surface area (Å²) in [7, 11) is 1.31. The molecular weight excluding hydrogens is 413 g/mol. The van der Waals surface area contributed by atoms with E-state index < -0.39 is 17.7 Å². The van der Waals surface area contributed by atoms with Gasteiger partial charge >= 0.3 is 12.1 Å². The van der Waals surface area contributed by atoms with Crippen LogP contribution in [0.25, 0.3) is 11.1 Å². The summed E-state index contributed by atoms with van der Waals surface area (Å²) in [6, 6.07) is 12.1. The Morgan fingerprint density at radius 3 is 2.60 bits per heavy atom. The minimum Gasteiger partial charge on any atom is -0.465 e. The molecule has 1 atom stereocenters. The van der Waals surface area contributed by atoms with Crippen molar-refractivity contribution >= 4 is 23.1 Å². The van der Waals surface area contributed by atoms with Crippen molar-refractivity contribution in [3.8, 4) is 11.1 Å². The molecule has 0 spiro atoms. The number of hydrogen-bond donors (Lipinski definition) is 0. The van der Waals surface area contributed by atoms with Crippen LogP contribution < -0.4 is 0 Å². The van der Waals surface area contributed by atoms with Gasteiger partial charge in [-0.15, -0.1) is 11.3 Å². The van der Waals surface area contributed by atoms with Crippen LogP contribution in [0.5, 0.6) is 0 Å². The molecule has 0 bridgehead atoms. The maximum Gasteiger partial charge on any atom is 0.416 e. The highest BCUT2D eigenvalue weighted by Crippen LogP contribution is 2.38. The molecule has 30 heavy (non-hydrogen) atoms. The summed E-state index contributed by atoms with van der Waals surface area (Å²) in [5.41, 5.74) is 2.16. The predicted molar refractivity (Wildman–Crippen MR) is 108 cm³/mol. The van der Waals surface area contributed by atoms with Gasteiger partial charge in [0.2, 0.25) is 0 Å². The van der Waals surface area contributed by atoms with Crippen molar-refractivity contribution < 1.29 is 27.5 Å². The summed E-state index contributed by atoms with van der Waals surface area (Å²) in [6.45, 7) is 0. The number of carbonyl (C=O) groups is 2. The molecule has 0 N–H and O–H groups in total. The van der Waals surface area contributed by atoms with Gasteiger partial charge in [0.25, 0.3) is 0 Å². The molecular formula is C23H17F3O3S. The molecule has 0 fully saturated rings. The number of halogens is 3. The van der Waals surface area contributed by atoms with Gasteiger partial charge in [-0.2, -0.15) is 13.2 Å². The number of fused-ring (bicyclic) bond motifs is 1. The Bertz CT molecular complexity index is 1130. The summed E-state index contributed by atoms with van der Waals surface area (Å²) in [6.07, 6.45) is -3.51. The highest BCUT2D eigenvalue weighted by Gasteiger charge is 2.34. The highest BCUT2D eigenvalue weighted by molar-refractivity contribution is 7.10. The van der Waals surface area contributed by atoms with Gasteiger partial charge in [0.1, 0.15) is 0 Å². The number of rotatable bonds is 4. The maximum absolute atomic E-state index is 13.1. The lowest BCUT2D eigenvalue weighted by atomic mass is 9.95. The molecule has 0 amide bonds. The fourth-order valence-corrected chi connectivity index (χ4v) is 4.79. The van der Waals surface area contributed by atoms with Gasteiger partial charge in [-0.1, -0.05) is 30.3 Å². The van der Waals surface area contributed by atoms with Crippen LogP contribution >= 0.6 is 11.3 Å². The molecule has 7 heteroatoms. The van der Waals surface area contributed by atoms with Crippen molar-refractivity contribution in [2.75, 3.05) is 7.11 Å². The van der Waals surface area contributed by atoms with E-state index in [-0.39, 0.29) is 11.7 Å². The number of methoxy groups -OCH3 is 1. The van der Waals surface area contributed by atoms with Crippen molar-refractivity contribution in [2.24, 2.45) is 5.92 Å². The second-order valence-electron chi connectivity index (χ2n) is 7.17. The molecule has 1 aliphatic rings. The topological polar surface area (TPSA) is 43.4 Å². The molecule has 0 radical (unpaired) electrons. The molecule has 1 heterocycles. The van der Waals surface area contributed by atoms with Gasteiger partial charge < -0.3 is 4.74 Å². The zero-order chi connectivity index (χ0) is 21.5. The average Bonchev–Trinajstić information content (AvgIpc) is 3.32. The van der Waals surface area contributed by atoms with E-state index in [0.717, 1.165) is 22.6 Å². The molecule has 3 aromatic rings. The standard InChI is InChI=1S/C23H17F3O3S/c1-29-22(28)15-10-17(30-12-15)9-14-11-20-18(6-3-7-19(20)21(14)27)13-4-2-5-16(8-13)23(24,25)26/h2-8,10,12,14H,9,11H2,1H3.